The number of carbonyl (C=O) groups excluding carboxylic acids is 2. The predicted molar refractivity (Wildman–Crippen MR) is 161 cm³/mol. The van der Waals surface area contributed by atoms with Gasteiger partial charge in [0.15, 0.2) is 5.75 Å². The molecule has 0 aliphatic carbocycles. The van der Waals surface area contributed by atoms with Gasteiger partial charge in [0.25, 0.3) is 11.8 Å². The summed E-state index contributed by atoms with van der Waals surface area (Å²) in [6.07, 6.45) is 0. The van der Waals surface area contributed by atoms with Crippen LogP contribution in [0.3, 0.4) is 0 Å². The SMILES string of the molecule is CCOc1c(NC(=O)c2ccccc2)ccc(N=Nc2c(O)c(C(=O)Nc3ccccc3)cc3ccccc23)c1C. The number of azo groups is 1. The average Bonchev–Trinajstić information content (AvgIpc) is 3.00. The van der Waals surface area contributed by atoms with Gasteiger partial charge in [0.2, 0.25) is 0 Å². The van der Waals surface area contributed by atoms with E-state index in [1.54, 1.807) is 54.6 Å². The van der Waals surface area contributed by atoms with Crippen LogP contribution < -0.4 is 15.4 Å². The lowest BCUT2D eigenvalue weighted by Crippen LogP contribution is -2.13. The monoisotopic (exact) mass is 544 g/mol. The van der Waals surface area contributed by atoms with Crippen molar-refractivity contribution in [1.82, 2.24) is 0 Å². The molecular formula is C33H28N4O4. The van der Waals surface area contributed by atoms with Gasteiger partial charge in [-0.05, 0) is 61.7 Å². The maximum Gasteiger partial charge on any atom is 0.259 e. The highest BCUT2D eigenvalue weighted by molar-refractivity contribution is 6.11. The molecule has 204 valence electrons. The van der Waals surface area contributed by atoms with Gasteiger partial charge in [-0.2, -0.15) is 0 Å². The molecule has 0 aromatic heterocycles. The molecule has 8 nitrogen and oxygen atoms in total. The van der Waals surface area contributed by atoms with Gasteiger partial charge in [-0.1, -0.05) is 60.7 Å². The highest BCUT2D eigenvalue weighted by Gasteiger charge is 2.19. The van der Waals surface area contributed by atoms with E-state index >= 15 is 0 Å². The third-order valence-electron chi connectivity index (χ3n) is 6.48. The van der Waals surface area contributed by atoms with Crippen LogP contribution in [0.25, 0.3) is 10.8 Å². The van der Waals surface area contributed by atoms with Crippen LogP contribution in [0.2, 0.25) is 0 Å². The minimum atomic E-state index is -0.468. The summed E-state index contributed by atoms with van der Waals surface area (Å²) in [5.41, 5.74) is 3.01. The van der Waals surface area contributed by atoms with Crippen LogP contribution in [0.15, 0.2) is 113 Å². The second-order valence-corrected chi connectivity index (χ2v) is 9.20. The number of hydrogen-bond acceptors (Lipinski definition) is 6. The zero-order valence-corrected chi connectivity index (χ0v) is 22.6. The summed E-state index contributed by atoms with van der Waals surface area (Å²) in [4.78, 5) is 25.9. The summed E-state index contributed by atoms with van der Waals surface area (Å²) in [7, 11) is 0. The van der Waals surface area contributed by atoms with Gasteiger partial charge in [0, 0.05) is 22.2 Å². The zero-order chi connectivity index (χ0) is 28.8. The molecule has 5 aromatic rings. The van der Waals surface area contributed by atoms with Gasteiger partial charge in [-0.3, -0.25) is 9.59 Å². The zero-order valence-electron chi connectivity index (χ0n) is 22.6. The summed E-state index contributed by atoms with van der Waals surface area (Å²) in [6.45, 7) is 4.05. The van der Waals surface area contributed by atoms with Crippen LogP contribution in [0.5, 0.6) is 11.5 Å². The topological polar surface area (TPSA) is 112 Å². The lowest BCUT2D eigenvalue weighted by molar-refractivity contribution is 0.101. The van der Waals surface area contributed by atoms with Gasteiger partial charge in [0.05, 0.1) is 23.5 Å². The number of fused-ring (bicyclic) bond motifs is 1. The summed E-state index contributed by atoms with van der Waals surface area (Å²) < 4.78 is 5.88. The number of anilines is 2. The maximum absolute atomic E-state index is 13.1. The minimum Gasteiger partial charge on any atom is -0.505 e. The predicted octanol–water partition coefficient (Wildman–Crippen LogP) is 8.17. The Kier molecular flexibility index (Phi) is 8.01. The Bertz CT molecular complexity index is 1750. The summed E-state index contributed by atoms with van der Waals surface area (Å²) in [5, 5.41) is 27.1. The first-order valence-corrected chi connectivity index (χ1v) is 13.1. The molecule has 2 amide bonds. The smallest absolute Gasteiger partial charge is 0.259 e. The molecule has 0 spiro atoms. The number of aromatic hydroxyl groups is 1. The quantitative estimate of drug-likeness (QED) is 0.171. The normalized spacial score (nSPS) is 11.0. The van der Waals surface area contributed by atoms with Crippen LogP contribution in [0.1, 0.15) is 33.2 Å². The fourth-order valence-electron chi connectivity index (χ4n) is 4.42. The first-order valence-electron chi connectivity index (χ1n) is 13.1. The lowest BCUT2D eigenvalue weighted by atomic mass is 10.0. The van der Waals surface area contributed by atoms with Crippen molar-refractivity contribution in [2.75, 3.05) is 17.2 Å². The molecular weight excluding hydrogens is 516 g/mol. The van der Waals surface area contributed by atoms with Crippen molar-refractivity contribution in [3.05, 3.63) is 120 Å². The Hall–Kier alpha value is -5.50. The Morgan fingerprint density at radius 1 is 0.805 bits per heavy atom. The number of para-hydroxylation sites is 1. The number of ether oxygens (including phenoxy) is 1. The summed E-state index contributed by atoms with van der Waals surface area (Å²) in [5.74, 6) is -0.542. The molecule has 0 aliphatic rings. The van der Waals surface area contributed by atoms with Crippen molar-refractivity contribution < 1.29 is 19.4 Å². The molecule has 0 heterocycles. The first-order chi connectivity index (χ1) is 20.0. The number of nitrogens with zero attached hydrogens (tertiary/aromatic N) is 2. The Balaban J connectivity index is 1.51. The molecule has 8 heteroatoms. The van der Waals surface area contributed by atoms with E-state index in [1.165, 1.54) is 0 Å². The van der Waals surface area contributed by atoms with E-state index in [2.05, 4.69) is 20.9 Å². The highest BCUT2D eigenvalue weighted by Crippen LogP contribution is 2.41. The van der Waals surface area contributed by atoms with Gasteiger partial charge < -0.3 is 20.5 Å². The minimum absolute atomic E-state index is 0.0761. The molecule has 3 N–H and O–H groups in total. The number of nitrogens with one attached hydrogen (secondary N) is 2. The van der Waals surface area contributed by atoms with Gasteiger partial charge in [-0.15, -0.1) is 10.2 Å². The number of hydrogen-bond donors (Lipinski definition) is 3. The Morgan fingerprint density at radius 2 is 1.49 bits per heavy atom. The Labute approximate surface area is 237 Å². The first kappa shape index (κ1) is 27.1. The number of carbonyl (C=O) groups is 2. The molecule has 5 rings (SSSR count). The molecule has 0 atom stereocenters. The highest BCUT2D eigenvalue weighted by atomic mass is 16.5. The summed E-state index contributed by atoms with van der Waals surface area (Å²) in [6, 6.07) is 30.3. The number of rotatable bonds is 8. The lowest BCUT2D eigenvalue weighted by Gasteiger charge is -2.15. The second kappa shape index (κ2) is 12.1. The molecule has 0 bridgehead atoms. The fraction of sp³-hybridized carbons (Fsp3) is 0.0909. The van der Waals surface area contributed by atoms with Crippen molar-refractivity contribution in [2.45, 2.75) is 13.8 Å². The van der Waals surface area contributed by atoms with Crippen LogP contribution >= 0.6 is 0 Å². The summed E-state index contributed by atoms with van der Waals surface area (Å²) >= 11 is 0. The fourth-order valence-corrected chi connectivity index (χ4v) is 4.42. The third-order valence-corrected chi connectivity index (χ3v) is 6.48. The van der Waals surface area contributed by atoms with Crippen molar-refractivity contribution in [3.63, 3.8) is 0 Å². The standard InChI is InChI=1S/C33H28N4O4/c1-3-41-31-21(2)27(18-19-28(31)35-32(39)22-12-6-4-7-13-22)36-37-29-25-17-11-10-14-23(25)20-26(30(29)38)33(40)34-24-15-8-5-9-16-24/h4-20,38H,3H2,1-2H3,(H,34,40)(H,35,39). The number of phenolic OH excluding ortho intramolecular Hbond substituents is 1. The van der Waals surface area contributed by atoms with Crippen LogP contribution in [-0.4, -0.2) is 23.5 Å². The molecule has 5 aromatic carbocycles. The molecule has 0 aliphatic heterocycles. The number of phenols is 1. The van der Waals surface area contributed by atoms with Gasteiger partial charge in [0.1, 0.15) is 11.4 Å². The maximum atomic E-state index is 13.1. The van der Waals surface area contributed by atoms with E-state index in [0.717, 1.165) is 5.39 Å². The second-order valence-electron chi connectivity index (χ2n) is 9.20. The molecule has 0 fully saturated rings. The van der Waals surface area contributed by atoms with E-state index in [9.17, 15) is 14.7 Å². The van der Waals surface area contributed by atoms with Crippen molar-refractivity contribution in [1.29, 1.82) is 0 Å². The van der Waals surface area contributed by atoms with Crippen LogP contribution in [0.4, 0.5) is 22.7 Å². The van der Waals surface area contributed by atoms with Crippen molar-refractivity contribution >= 4 is 45.3 Å². The van der Waals surface area contributed by atoms with Gasteiger partial charge in [-0.25, -0.2) is 0 Å². The van der Waals surface area contributed by atoms with E-state index in [1.807, 2.05) is 62.4 Å². The molecule has 0 saturated carbocycles. The van der Waals surface area contributed by atoms with E-state index in [0.29, 0.717) is 45.9 Å². The number of benzene rings is 5. The molecule has 0 saturated heterocycles. The number of amides is 2. The van der Waals surface area contributed by atoms with Crippen LogP contribution in [0, 0.1) is 6.92 Å². The van der Waals surface area contributed by atoms with Crippen LogP contribution in [-0.2, 0) is 0 Å². The average molecular weight is 545 g/mol. The molecule has 41 heavy (non-hydrogen) atoms. The van der Waals surface area contributed by atoms with E-state index in [-0.39, 0.29) is 22.9 Å². The molecule has 0 radical (unpaired) electrons. The van der Waals surface area contributed by atoms with Crippen molar-refractivity contribution in [3.8, 4) is 11.5 Å². The van der Waals surface area contributed by atoms with Crippen molar-refractivity contribution in [2.24, 2.45) is 10.2 Å². The Morgan fingerprint density at radius 3 is 2.22 bits per heavy atom. The third kappa shape index (κ3) is 5.91. The largest absolute Gasteiger partial charge is 0.505 e. The van der Waals surface area contributed by atoms with E-state index in [4.69, 9.17) is 4.74 Å². The van der Waals surface area contributed by atoms with Gasteiger partial charge >= 0.3 is 0 Å². The van der Waals surface area contributed by atoms with E-state index < -0.39 is 5.91 Å². The molecule has 0 unspecified atom stereocenters.